The van der Waals surface area contributed by atoms with Gasteiger partial charge in [-0.1, -0.05) is 89.3 Å². The Morgan fingerprint density at radius 1 is 0.800 bits per heavy atom. The molecule has 1 aromatic rings. The number of carbonyl (C=O) groups excluding carboxylic acids is 5. The summed E-state index contributed by atoms with van der Waals surface area (Å²) in [6.07, 6.45) is 14.5. The standard InChI is InChI=1S/C36H56N4O5/c1-25(2)33(35(44)37-27(4)34(43)38-29-21-19-26(3)20-22-29)39-31(41)18-14-11-15-23-40-32(42)24-30(36(40)45)28-16-12-9-7-5-6-8-10-13-17-28/h19-22,25,27-28,30,33H,5-18,23-24H2,1-4H3,(H,37,44)(H,38,43)(H,39,41)/t27-,30?,33?/m0/s1. The van der Waals surface area contributed by atoms with Gasteiger partial charge in [0.05, 0.1) is 5.92 Å². The molecule has 0 spiro atoms. The molecule has 1 aliphatic carbocycles. The zero-order valence-electron chi connectivity index (χ0n) is 28.0. The first-order valence-electron chi connectivity index (χ1n) is 17.4. The fourth-order valence-electron chi connectivity index (χ4n) is 6.50. The molecule has 3 atom stereocenters. The van der Waals surface area contributed by atoms with Crippen LogP contribution in [0.1, 0.15) is 123 Å². The zero-order valence-corrected chi connectivity index (χ0v) is 28.0. The maximum absolute atomic E-state index is 13.3. The van der Waals surface area contributed by atoms with Gasteiger partial charge in [-0.2, -0.15) is 0 Å². The smallest absolute Gasteiger partial charge is 0.246 e. The Hall–Kier alpha value is -3.23. The Morgan fingerprint density at radius 2 is 1.40 bits per heavy atom. The second kappa shape index (κ2) is 18.7. The highest BCUT2D eigenvalue weighted by Gasteiger charge is 2.41. The molecule has 0 bridgehead atoms. The van der Waals surface area contributed by atoms with Crippen molar-refractivity contribution < 1.29 is 24.0 Å². The van der Waals surface area contributed by atoms with E-state index in [0.29, 0.717) is 43.8 Å². The Bertz CT molecular complexity index is 1120. The summed E-state index contributed by atoms with van der Waals surface area (Å²) >= 11 is 0. The second-order valence-corrected chi connectivity index (χ2v) is 13.5. The van der Waals surface area contributed by atoms with Crippen LogP contribution in [0.2, 0.25) is 0 Å². The lowest BCUT2D eigenvalue weighted by molar-refractivity contribution is -0.140. The molecule has 0 aromatic heterocycles. The molecule has 2 fully saturated rings. The van der Waals surface area contributed by atoms with Crippen molar-refractivity contribution in [3.8, 4) is 0 Å². The third-order valence-corrected chi connectivity index (χ3v) is 9.37. The van der Waals surface area contributed by atoms with E-state index in [4.69, 9.17) is 0 Å². The fourth-order valence-corrected chi connectivity index (χ4v) is 6.50. The molecule has 0 radical (unpaired) electrons. The van der Waals surface area contributed by atoms with E-state index in [9.17, 15) is 24.0 Å². The Morgan fingerprint density at radius 3 is 2.00 bits per heavy atom. The van der Waals surface area contributed by atoms with Crippen molar-refractivity contribution in [2.45, 2.75) is 136 Å². The number of hydrogen-bond donors (Lipinski definition) is 3. The van der Waals surface area contributed by atoms with Crippen molar-refractivity contribution in [1.82, 2.24) is 15.5 Å². The van der Waals surface area contributed by atoms with Gasteiger partial charge < -0.3 is 16.0 Å². The van der Waals surface area contributed by atoms with Crippen LogP contribution < -0.4 is 16.0 Å². The average molecular weight is 625 g/mol. The number of aryl methyl sites for hydroxylation is 1. The van der Waals surface area contributed by atoms with Gasteiger partial charge >= 0.3 is 0 Å². The number of anilines is 1. The predicted molar refractivity (Wildman–Crippen MR) is 177 cm³/mol. The van der Waals surface area contributed by atoms with Crippen LogP contribution in [0.3, 0.4) is 0 Å². The molecule has 5 amide bonds. The van der Waals surface area contributed by atoms with Gasteiger partial charge in [-0.25, -0.2) is 0 Å². The molecule has 2 aliphatic rings. The van der Waals surface area contributed by atoms with Crippen molar-refractivity contribution in [3.63, 3.8) is 0 Å². The van der Waals surface area contributed by atoms with Crippen molar-refractivity contribution in [1.29, 1.82) is 0 Å². The summed E-state index contributed by atoms with van der Waals surface area (Å²) in [7, 11) is 0. The molecule has 3 N–H and O–H groups in total. The van der Waals surface area contributed by atoms with Gasteiger partial charge in [0, 0.05) is 25.1 Å². The summed E-state index contributed by atoms with van der Waals surface area (Å²) in [5, 5.41) is 8.34. The minimum atomic E-state index is -0.779. The number of amides is 5. The fraction of sp³-hybridized carbons (Fsp3) is 0.694. The Balaban J connectivity index is 1.38. The molecule has 1 saturated carbocycles. The van der Waals surface area contributed by atoms with E-state index in [1.165, 1.54) is 43.4 Å². The van der Waals surface area contributed by atoms with E-state index in [2.05, 4.69) is 16.0 Å². The maximum Gasteiger partial charge on any atom is 0.246 e. The van der Waals surface area contributed by atoms with Gasteiger partial charge in [0.1, 0.15) is 12.1 Å². The normalized spacial score (nSPS) is 19.9. The number of hydrogen-bond acceptors (Lipinski definition) is 5. The monoisotopic (exact) mass is 624 g/mol. The van der Waals surface area contributed by atoms with E-state index in [-0.39, 0.29) is 41.9 Å². The number of rotatable bonds is 13. The number of unbranched alkanes of at least 4 members (excludes halogenated alkanes) is 2. The van der Waals surface area contributed by atoms with Crippen molar-refractivity contribution >= 4 is 35.2 Å². The lowest BCUT2D eigenvalue weighted by atomic mass is 9.83. The van der Waals surface area contributed by atoms with Crippen LogP contribution in [0.4, 0.5) is 5.69 Å². The summed E-state index contributed by atoms with van der Waals surface area (Å²) in [5.74, 6) is -1.05. The van der Waals surface area contributed by atoms with E-state index < -0.39 is 18.0 Å². The van der Waals surface area contributed by atoms with Crippen LogP contribution in [-0.4, -0.2) is 53.1 Å². The summed E-state index contributed by atoms with van der Waals surface area (Å²) in [6, 6.07) is 5.85. The van der Waals surface area contributed by atoms with Crippen LogP contribution in [0.15, 0.2) is 24.3 Å². The van der Waals surface area contributed by atoms with Crippen LogP contribution in [-0.2, 0) is 24.0 Å². The third-order valence-electron chi connectivity index (χ3n) is 9.37. The first kappa shape index (κ1) is 36.2. The van der Waals surface area contributed by atoms with Gasteiger partial charge in [0.2, 0.25) is 29.5 Å². The summed E-state index contributed by atoms with van der Waals surface area (Å²) < 4.78 is 0. The van der Waals surface area contributed by atoms with Crippen molar-refractivity contribution in [2.75, 3.05) is 11.9 Å². The largest absolute Gasteiger partial charge is 0.344 e. The minimum Gasteiger partial charge on any atom is -0.344 e. The summed E-state index contributed by atoms with van der Waals surface area (Å²) in [5.41, 5.74) is 1.73. The highest BCUT2D eigenvalue weighted by molar-refractivity contribution is 6.03. The number of carbonyl (C=O) groups is 5. The molecular formula is C36H56N4O5. The van der Waals surface area contributed by atoms with Crippen molar-refractivity contribution in [2.24, 2.45) is 17.8 Å². The molecule has 1 saturated heterocycles. The molecule has 1 heterocycles. The van der Waals surface area contributed by atoms with Crippen LogP contribution in [0, 0.1) is 24.7 Å². The first-order chi connectivity index (χ1) is 21.6. The van der Waals surface area contributed by atoms with E-state index in [1.807, 2.05) is 32.9 Å². The molecule has 9 nitrogen and oxygen atoms in total. The molecule has 45 heavy (non-hydrogen) atoms. The highest BCUT2D eigenvalue weighted by atomic mass is 16.2. The molecule has 1 aromatic carbocycles. The van der Waals surface area contributed by atoms with Gasteiger partial charge in [0.15, 0.2) is 0 Å². The highest BCUT2D eigenvalue weighted by Crippen LogP contribution is 2.34. The number of benzene rings is 1. The van der Waals surface area contributed by atoms with E-state index in [1.54, 1.807) is 19.1 Å². The number of likely N-dealkylation sites (tertiary alicyclic amines) is 1. The quantitative estimate of drug-likeness (QED) is 0.182. The van der Waals surface area contributed by atoms with Crippen LogP contribution >= 0.6 is 0 Å². The van der Waals surface area contributed by atoms with Gasteiger partial charge in [0.25, 0.3) is 0 Å². The molecule has 9 heteroatoms. The van der Waals surface area contributed by atoms with Gasteiger partial charge in [-0.05, 0) is 63.5 Å². The average Bonchev–Trinajstić information content (AvgIpc) is 3.24. The topological polar surface area (TPSA) is 125 Å². The zero-order chi connectivity index (χ0) is 32.8. The van der Waals surface area contributed by atoms with E-state index >= 15 is 0 Å². The van der Waals surface area contributed by atoms with Gasteiger partial charge in [-0.3, -0.25) is 28.9 Å². The molecular weight excluding hydrogens is 568 g/mol. The number of nitrogens with zero attached hydrogens (tertiary/aromatic N) is 1. The molecule has 250 valence electrons. The first-order valence-corrected chi connectivity index (χ1v) is 17.4. The lowest BCUT2D eigenvalue weighted by Gasteiger charge is -2.24. The molecule has 3 rings (SSSR count). The van der Waals surface area contributed by atoms with E-state index in [0.717, 1.165) is 31.2 Å². The molecule has 1 aliphatic heterocycles. The predicted octanol–water partition coefficient (Wildman–Crippen LogP) is 6.05. The maximum atomic E-state index is 13.3. The number of nitrogens with one attached hydrogen (secondary N) is 3. The van der Waals surface area contributed by atoms with Crippen molar-refractivity contribution in [3.05, 3.63) is 29.8 Å². The number of imide groups is 1. The van der Waals surface area contributed by atoms with Crippen LogP contribution in [0.5, 0.6) is 0 Å². The van der Waals surface area contributed by atoms with Crippen LogP contribution in [0.25, 0.3) is 0 Å². The Labute approximate surface area is 270 Å². The minimum absolute atomic E-state index is 0.00479. The third kappa shape index (κ3) is 11.9. The molecule has 2 unspecified atom stereocenters. The SMILES string of the molecule is Cc1ccc(NC(=O)[C@H](C)NC(=O)C(NC(=O)CCCCCN2C(=O)CC(C3CCCCCCCCCC3)C2=O)C(C)C)cc1. The summed E-state index contributed by atoms with van der Waals surface area (Å²) in [6.45, 7) is 7.67. The Kier molecular flexibility index (Phi) is 15.0. The van der Waals surface area contributed by atoms with Gasteiger partial charge in [-0.15, -0.1) is 0 Å². The lowest BCUT2D eigenvalue weighted by Crippen LogP contribution is -2.53. The second-order valence-electron chi connectivity index (χ2n) is 13.5. The summed E-state index contributed by atoms with van der Waals surface area (Å²) in [4.78, 5) is 65.8.